The van der Waals surface area contributed by atoms with Gasteiger partial charge in [0.05, 0.1) is 6.54 Å². The quantitative estimate of drug-likeness (QED) is 0.420. The monoisotopic (exact) mass is 335 g/mol. The van der Waals surface area contributed by atoms with Crippen LogP contribution in [0.1, 0.15) is 27.2 Å². The van der Waals surface area contributed by atoms with Crippen LogP contribution in [0.15, 0.2) is 42.7 Å². The van der Waals surface area contributed by atoms with Crippen molar-refractivity contribution in [3.05, 3.63) is 70.3 Å². The molecule has 1 aromatic carbocycles. The summed E-state index contributed by atoms with van der Waals surface area (Å²) < 4.78 is 2.86. The van der Waals surface area contributed by atoms with E-state index in [0.717, 1.165) is 25.0 Å². The average Bonchev–Trinajstić information content (AvgIpc) is 2.88. The van der Waals surface area contributed by atoms with Crippen molar-refractivity contribution in [2.45, 2.75) is 26.4 Å². The highest BCUT2D eigenvalue weighted by molar-refractivity contribution is 5.97. The Morgan fingerprint density at radius 1 is 1.24 bits per heavy atom. The number of ketones is 1. The van der Waals surface area contributed by atoms with E-state index in [4.69, 9.17) is 0 Å². The van der Waals surface area contributed by atoms with Crippen molar-refractivity contribution >= 4 is 16.7 Å². The normalized spacial score (nSPS) is 14.6. The third-order valence-corrected chi connectivity index (χ3v) is 5.03. The molecule has 5 heteroatoms. The van der Waals surface area contributed by atoms with Crippen LogP contribution in [0.3, 0.4) is 0 Å². The molecular weight excluding hydrogens is 314 g/mol. The molecule has 2 aromatic heterocycles. The summed E-state index contributed by atoms with van der Waals surface area (Å²) in [5, 5.41) is 12.4. The zero-order valence-corrected chi connectivity index (χ0v) is 14.5. The summed E-state index contributed by atoms with van der Waals surface area (Å²) in [5.74, 6) is 0.0276. The maximum absolute atomic E-state index is 12.7. The van der Waals surface area contributed by atoms with Crippen molar-refractivity contribution in [1.29, 1.82) is 0 Å². The van der Waals surface area contributed by atoms with Crippen LogP contribution in [0.25, 0.3) is 10.9 Å². The Balaban J connectivity index is 1.79. The minimum Gasteiger partial charge on any atom is -0.619 e. The van der Waals surface area contributed by atoms with E-state index in [9.17, 15) is 10.0 Å². The Labute approximate surface area is 146 Å². The topological polar surface area (TPSA) is 52.2 Å². The molecule has 0 saturated carbocycles. The van der Waals surface area contributed by atoms with Crippen LogP contribution in [0.5, 0.6) is 0 Å². The number of carbonyl (C=O) groups is 1. The average molecular weight is 335 g/mol. The Bertz CT molecular complexity index is 957. The number of carbonyl (C=O) groups excluding carboxylic acids is 1. The molecule has 0 saturated heterocycles. The minimum atomic E-state index is 0.0276. The van der Waals surface area contributed by atoms with Crippen molar-refractivity contribution in [2.24, 2.45) is 0 Å². The zero-order chi connectivity index (χ0) is 17.6. The number of aryl methyl sites for hydroxylation is 1. The molecular formula is C20H21N3O2. The van der Waals surface area contributed by atoms with Crippen LogP contribution < -0.4 is 4.73 Å². The SMILES string of the molecule is Cc1ccc2c(c1)c1c(n2CC(=O)c2cc[n+]([O-])cc2)CCN(C)C1. The largest absolute Gasteiger partial charge is 0.619 e. The maximum Gasteiger partial charge on any atom is 0.182 e. The molecule has 0 unspecified atom stereocenters. The summed E-state index contributed by atoms with van der Waals surface area (Å²) in [6, 6.07) is 9.61. The predicted molar refractivity (Wildman–Crippen MR) is 96.4 cm³/mol. The number of aromatic nitrogens is 2. The molecule has 5 nitrogen and oxygen atoms in total. The van der Waals surface area contributed by atoms with E-state index in [1.54, 1.807) is 12.1 Å². The Hall–Kier alpha value is -2.66. The zero-order valence-electron chi connectivity index (χ0n) is 14.5. The van der Waals surface area contributed by atoms with Crippen molar-refractivity contribution in [3.63, 3.8) is 0 Å². The van der Waals surface area contributed by atoms with Gasteiger partial charge in [-0.15, -0.1) is 0 Å². The lowest BCUT2D eigenvalue weighted by Crippen LogP contribution is -2.28. The fourth-order valence-corrected chi connectivity index (χ4v) is 3.71. The molecule has 3 aromatic rings. The third kappa shape index (κ3) is 2.81. The summed E-state index contributed by atoms with van der Waals surface area (Å²) in [6.07, 6.45) is 3.69. The first-order valence-electron chi connectivity index (χ1n) is 8.54. The Morgan fingerprint density at radius 3 is 2.76 bits per heavy atom. The van der Waals surface area contributed by atoms with E-state index in [-0.39, 0.29) is 5.78 Å². The minimum absolute atomic E-state index is 0.0276. The van der Waals surface area contributed by atoms with Crippen LogP contribution >= 0.6 is 0 Å². The molecule has 0 bridgehead atoms. The second-order valence-corrected chi connectivity index (χ2v) is 6.89. The lowest BCUT2D eigenvalue weighted by molar-refractivity contribution is -0.605. The van der Waals surface area contributed by atoms with Gasteiger partial charge in [0.2, 0.25) is 0 Å². The van der Waals surface area contributed by atoms with E-state index in [1.165, 1.54) is 34.6 Å². The fraction of sp³-hybridized carbons (Fsp3) is 0.300. The highest BCUT2D eigenvalue weighted by Gasteiger charge is 2.23. The van der Waals surface area contributed by atoms with Crippen LogP contribution in [-0.4, -0.2) is 28.8 Å². The smallest absolute Gasteiger partial charge is 0.182 e. The van der Waals surface area contributed by atoms with Gasteiger partial charge in [-0.2, -0.15) is 4.73 Å². The maximum atomic E-state index is 12.7. The number of likely N-dealkylation sites (N-methyl/N-ethyl adjacent to an activating group) is 1. The molecule has 25 heavy (non-hydrogen) atoms. The van der Waals surface area contributed by atoms with Gasteiger partial charge in [0.25, 0.3) is 0 Å². The number of fused-ring (bicyclic) bond motifs is 3. The van der Waals surface area contributed by atoms with Gasteiger partial charge in [0.15, 0.2) is 18.2 Å². The number of hydrogen-bond donors (Lipinski definition) is 0. The number of Topliss-reactive ketones (excluding diaryl/α,β-unsaturated/α-hetero) is 1. The van der Waals surface area contributed by atoms with Crippen molar-refractivity contribution in [3.8, 4) is 0 Å². The first kappa shape index (κ1) is 15.8. The van der Waals surface area contributed by atoms with E-state index in [2.05, 4.69) is 41.6 Å². The molecule has 128 valence electrons. The molecule has 0 N–H and O–H groups in total. The fourth-order valence-electron chi connectivity index (χ4n) is 3.71. The van der Waals surface area contributed by atoms with Gasteiger partial charge in [0, 0.05) is 53.8 Å². The third-order valence-electron chi connectivity index (χ3n) is 5.03. The number of benzene rings is 1. The van der Waals surface area contributed by atoms with Gasteiger partial charge in [-0.3, -0.25) is 4.79 Å². The highest BCUT2D eigenvalue weighted by Crippen LogP contribution is 2.31. The molecule has 1 aliphatic rings. The van der Waals surface area contributed by atoms with E-state index in [1.807, 2.05) is 0 Å². The summed E-state index contributed by atoms with van der Waals surface area (Å²) in [5.41, 5.74) is 5.53. The first-order chi connectivity index (χ1) is 12.0. The van der Waals surface area contributed by atoms with Crippen molar-refractivity contribution in [1.82, 2.24) is 9.47 Å². The summed E-state index contributed by atoms with van der Waals surface area (Å²) >= 11 is 0. The Kier molecular flexibility index (Phi) is 3.81. The lowest BCUT2D eigenvalue weighted by Gasteiger charge is -2.24. The molecule has 0 amide bonds. The van der Waals surface area contributed by atoms with Crippen LogP contribution in [0, 0.1) is 12.1 Å². The van der Waals surface area contributed by atoms with Crippen LogP contribution in [-0.2, 0) is 19.5 Å². The number of rotatable bonds is 3. The Morgan fingerprint density at radius 2 is 2.00 bits per heavy atom. The summed E-state index contributed by atoms with van der Waals surface area (Å²) in [4.78, 5) is 15.1. The molecule has 0 atom stereocenters. The van der Waals surface area contributed by atoms with Gasteiger partial charge in [-0.05, 0) is 31.7 Å². The summed E-state index contributed by atoms with van der Waals surface area (Å²) in [7, 11) is 2.13. The highest BCUT2D eigenvalue weighted by atomic mass is 16.5. The number of pyridine rings is 1. The van der Waals surface area contributed by atoms with E-state index >= 15 is 0 Å². The van der Waals surface area contributed by atoms with Gasteiger partial charge >= 0.3 is 0 Å². The molecule has 0 aliphatic carbocycles. The second-order valence-electron chi connectivity index (χ2n) is 6.89. The number of hydrogen-bond acceptors (Lipinski definition) is 3. The van der Waals surface area contributed by atoms with E-state index in [0.29, 0.717) is 16.8 Å². The molecule has 4 rings (SSSR count). The van der Waals surface area contributed by atoms with Gasteiger partial charge in [-0.25, -0.2) is 0 Å². The van der Waals surface area contributed by atoms with Crippen molar-refractivity contribution < 1.29 is 9.52 Å². The second kappa shape index (κ2) is 6.01. The number of nitrogens with zero attached hydrogens (tertiary/aromatic N) is 3. The standard InChI is InChI=1S/C20H21N3O2/c1-14-3-4-18-16(11-14)17-12-21(2)8-7-19(17)23(18)13-20(24)15-5-9-22(25)10-6-15/h3-6,9-11H,7-8,12-13H2,1-2H3. The molecule has 1 aliphatic heterocycles. The van der Waals surface area contributed by atoms with Crippen molar-refractivity contribution in [2.75, 3.05) is 13.6 Å². The van der Waals surface area contributed by atoms with E-state index < -0.39 is 0 Å². The van der Waals surface area contributed by atoms with Gasteiger partial charge in [-0.1, -0.05) is 11.6 Å². The predicted octanol–water partition coefficient (Wildman–Crippen LogP) is 2.45. The molecule has 0 fully saturated rings. The van der Waals surface area contributed by atoms with Gasteiger partial charge < -0.3 is 14.7 Å². The van der Waals surface area contributed by atoms with Gasteiger partial charge in [0.1, 0.15) is 0 Å². The summed E-state index contributed by atoms with van der Waals surface area (Å²) in [6.45, 7) is 4.32. The molecule has 0 spiro atoms. The first-order valence-corrected chi connectivity index (χ1v) is 8.54. The molecule has 0 radical (unpaired) electrons. The van der Waals surface area contributed by atoms with Crippen LogP contribution in [0.4, 0.5) is 0 Å². The lowest BCUT2D eigenvalue weighted by atomic mass is 10.0. The molecule has 3 heterocycles. The van der Waals surface area contributed by atoms with Crippen LogP contribution in [0.2, 0.25) is 0 Å².